The van der Waals surface area contributed by atoms with Gasteiger partial charge in [-0.3, -0.25) is 9.59 Å². The minimum Gasteiger partial charge on any atom is -0.507 e. The lowest BCUT2D eigenvalue weighted by atomic mass is 10.2. The second kappa shape index (κ2) is 7.78. The van der Waals surface area contributed by atoms with Crippen molar-refractivity contribution in [3.05, 3.63) is 62.9 Å². The Morgan fingerprint density at radius 1 is 1.26 bits per heavy atom. The summed E-state index contributed by atoms with van der Waals surface area (Å²) < 4.78 is 0.619. The fourth-order valence-electron chi connectivity index (χ4n) is 2.54. The molecule has 138 valence electrons. The first kappa shape index (κ1) is 18.9. The van der Waals surface area contributed by atoms with E-state index in [4.69, 9.17) is 0 Å². The number of amides is 4. The van der Waals surface area contributed by atoms with Gasteiger partial charge in [0.15, 0.2) is 0 Å². The molecule has 0 spiro atoms. The highest BCUT2D eigenvalue weighted by Gasteiger charge is 2.34. The van der Waals surface area contributed by atoms with Gasteiger partial charge in [0.1, 0.15) is 18.0 Å². The third-order valence-corrected chi connectivity index (χ3v) is 4.83. The number of hydrogen-bond donors (Lipinski definition) is 3. The van der Waals surface area contributed by atoms with Crippen molar-refractivity contribution in [3.63, 3.8) is 0 Å². The highest BCUT2D eigenvalue weighted by Crippen LogP contribution is 2.22. The molecule has 1 fully saturated rings. The van der Waals surface area contributed by atoms with E-state index in [1.54, 1.807) is 24.3 Å². The SMILES string of the molecule is Cc1ccccc1NC(=O)CN1C(=O)N/C(=C\c2ccc(O)c(I)c2)C1=O. The molecule has 0 atom stereocenters. The molecule has 0 aliphatic carbocycles. The van der Waals surface area contributed by atoms with E-state index in [0.717, 1.165) is 10.5 Å². The van der Waals surface area contributed by atoms with Gasteiger partial charge in [0.2, 0.25) is 5.91 Å². The average Bonchev–Trinajstić information content (AvgIpc) is 2.88. The normalized spacial score (nSPS) is 15.2. The Morgan fingerprint density at radius 2 is 2.00 bits per heavy atom. The average molecular weight is 477 g/mol. The van der Waals surface area contributed by atoms with Gasteiger partial charge in [0.25, 0.3) is 5.91 Å². The number of imide groups is 1. The lowest BCUT2D eigenvalue weighted by Crippen LogP contribution is -2.38. The minimum atomic E-state index is -0.653. The van der Waals surface area contributed by atoms with Gasteiger partial charge in [0.05, 0.1) is 3.57 Å². The van der Waals surface area contributed by atoms with E-state index in [9.17, 15) is 19.5 Å². The molecule has 0 bridgehead atoms. The Labute approximate surface area is 169 Å². The van der Waals surface area contributed by atoms with Crippen LogP contribution >= 0.6 is 22.6 Å². The highest BCUT2D eigenvalue weighted by molar-refractivity contribution is 14.1. The van der Waals surface area contributed by atoms with Crippen molar-refractivity contribution in [2.75, 3.05) is 11.9 Å². The van der Waals surface area contributed by atoms with Gasteiger partial charge in [0, 0.05) is 5.69 Å². The fraction of sp³-hybridized carbons (Fsp3) is 0.105. The summed E-state index contributed by atoms with van der Waals surface area (Å²) in [5.41, 5.74) is 2.23. The molecule has 4 amide bonds. The molecule has 1 saturated heterocycles. The third-order valence-electron chi connectivity index (χ3n) is 3.97. The van der Waals surface area contributed by atoms with Gasteiger partial charge < -0.3 is 15.7 Å². The Bertz CT molecular complexity index is 971. The molecule has 1 aliphatic heterocycles. The number of phenolic OH excluding ortho intramolecular Hbond substituents is 1. The molecule has 1 aliphatic rings. The highest BCUT2D eigenvalue weighted by atomic mass is 127. The van der Waals surface area contributed by atoms with Crippen LogP contribution in [0.2, 0.25) is 0 Å². The molecule has 0 unspecified atom stereocenters. The molecule has 0 radical (unpaired) electrons. The van der Waals surface area contributed by atoms with Crippen LogP contribution in [0.15, 0.2) is 48.2 Å². The second-order valence-electron chi connectivity index (χ2n) is 5.95. The van der Waals surface area contributed by atoms with Crippen LogP contribution in [0.3, 0.4) is 0 Å². The Balaban J connectivity index is 1.72. The number of carbonyl (C=O) groups is 3. The molecule has 0 aromatic heterocycles. The van der Waals surface area contributed by atoms with Gasteiger partial charge in [-0.1, -0.05) is 24.3 Å². The van der Waals surface area contributed by atoms with E-state index in [-0.39, 0.29) is 18.0 Å². The van der Waals surface area contributed by atoms with Crippen LogP contribution in [0, 0.1) is 10.5 Å². The molecule has 2 aromatic rings. The van der Waals surface area contributed by atoms with Gasteiger partial charge in [-0.2, -0.15) is 0 Å². The smallest absolute Gasteiger partial charge is 0.329 e. The number of benzene rings is 2. The number of para-hydroxylation sites is 1. The second-order valence-corrected chi connectivity index (χ2v) is 7.12. The Kier molecular flexibility index (Phi) is 5.45. The van der Waals surface area contributed by atoms with E-state index in [2.05, 4.69) is 10.6 Å². The minimum absolute atomic E-state index is 0.0742. The molecule has 8 heteroatoms. The summed E-state index contributed by atoms with van der Waals surface area (Å²) in [5, 5.41) is 14.7. The molecule has 3 N–H and O–H groups in total. The first-order chi connectivity index (χ1) is 12.8. The van der Waals surface area contributed by atoms with Crippen LogP contribution in [-0.4, -0.2) is 34.4 Å². The fourth-order valence-corrected chi connectivity index (χ4v) is 3.08. The predicted molar refractivity (Wildman–Crippen MR) is 109 cm³/mol. The Hall–Kier alpha value is -2.88. The molecular weight excluding hydrogens is 461 g/mol. The molecule has 27 heavy (non-hydrogen) atoms. The maximum Gasteiger partial charge on any atom is 0.329 e. The molecule has 3 rings (SSSR count). The van der Waals surface area contributed by atoms with E-state index < -0.39 is 17.8 Å². The zero-order valence-corrected chi connectivity index (χ0v) is 16.5. The summed E-state index contributed by atoms with van der Waals surface area (Å²) >= 11 is 1.96. The first-order valence-corrected chi connectivity index (χ1v) is 9.11. The summed E-state index contributed by atoms with van der Waals surface area (Å²) in [4.78, 5) is 37.6. The zero-order valence-electron chi connectivity index (χ0n) is 14.3. The molecular formula is C19H16IN3O4. The van der Waals surface area contributed by atoms with Crippen molar-refractivity contribution >= 4 is 52.2 Å². The van der Waals surface area contributed by atoms with E-state index in [0.29, 0.717) is 14.8 Å². The summed E-state index contributed by atoms with van der Waals surface area (Å²) in [7, 11) is 0. The van der Waals surface area contributed by atoms with Crippen LogP contribution in [-0.2, 0) is 9.59 Å². The van der Waals surface area contributed by atoms with Crippen molar-refractivity contribution in [3.8, 4) is 5.75 Å². The number of rotatable bonds is 4. The van der Waals surface area contributed by atoms with Crippen LogP contribution in [0.1, 0.15) is 11.1 Å². The molecule has 1 heterocycles. The molecule has 2 aromatic carbocycles. The van der Waals surface area contributed by atoms with E-state index in [1.807, 2.05) is 41.6 Å². The number of nitrogens with zero attached hydrogens (tertiary/aromatic N) is 1. The maximum absolute atomic E-state index is 12.5. The summed E-state index contributed by atoms with van der Waals surface area (Å²) in [5.74, 6) is -0.912. The monoisotopic (exact) mass is 477 g/mol. The number of urea groups is 1. The molecule has 7 nitrogen and oxygen atoms in total. The van der Waals surface area contributed by atoms with Crippen molar-refractivity contribution in [1.82, 2.24) is 10.2 Å². The maximum atomic E-state index is 12.5. The topological polar surface area (TPSA) is 98.7 Å². The largest absolute Gasteiger partial charge is 0.507 e. The van der Waals surface area contributed by atoms with Crippen molar-refractivity contribution in [1.29, 1.82) is 0 Å². The number of aryl methyl sites for hydroxylation is 1. The van der Waals surface area contributed by atoms with Gasteiger partial charge in [-0.15, -0.1) is 0 Å². The number of hydrogen-bond acceptors (Lipinski definition) is 4. The van der Waals surface area contributed by atoms with Crippen LogP contribution in [0.4, 0.5) is 10.5 Å². The van der Waals surface area contributed by atoms with E-state index >= 15 is 0 Å². The van der Waals surface area contributed by atoms with Crippen molar-refractivity contribution in [2.45, 2.75) is 6.92 Å². The zero-order chi connectivity index (χ0) is 19.6. The number of phenols is 1. The van der Waals surface area contributed by atoms with Gasteiger partial charge in [-0.25, -0.2) is 9.69 Å². The standard InChI is InChI=1S/C19H16IN3O4/c1-11-4-2-3-5-14(11)21-17(25)10-23-18(26)15(22-19(23)27)9-12-6-7-16(24)13(20)8-12/h2-9,24H,10H2,1H3,(H,21,25)(H,22,27)/b15-9-. The molecule has 0 saturated carbocycles. The summed E-state index contributed by atoms with van der Waals surface area (Å²) in [6.45, 7) is 1.46. The van der Waals surface area contributed by atoms with Crippen LogP contribution in [0.5, 0.6) is 5.75 Å². The number of nitrogens with one attached hydrogen (secondary N) is 2. The lowest BCUT2D eigenvalue weighted by molar-refractivity contribution is -0.127. The first-order valence-electron chi connectivity index (χ1n) is 8.03. The Morgan fingerprint density at radius 3 is 2.70 bits per heavy atom. The predicted octanol–water partition coefficient (Wildman–Crippen LogP) is 2.84. The lowest BCUT2D eigenvalue weighted by Gasteiger charge is -2.13. The van der Waals surface area contributed by atoms with E-state index in [1.165, 1.54) is 12.1 Å². The van der Waals surface area contributed by atoms with Crippen molar-refractivity contribution in [2.24, 2.45) is 0 Å². The number of anilines is 1. The summed E-state index contributed by atoms with van der Waals surface area (Å²) in [6, 6.07) is 11.4. The van der Waals surface area contributed by atoms with Gasteiger partial charge in [-0.05, 0) is 64.9 Å². The summed E-state index contributed by atoms with van der Waals surface area (Å²) in [6.07, 6.45) is 1.50. The van der Waals surface area contributed by atoms with Crippen LogP contribution in [0.25, 0.3) is 6.08 Å². The number of carbonyl (C=O) groups excluding carboxylic acids is 3. The number of aromatic hydroxyl groups is 1. The van der Waals surface area contributed by atoms with Gasteiger partial charge >= 0.3 is 6.03 Å². The number of halogens is 1. The third kappa shape index (κ3) is 4.27. The van der Waals surface area contributed by atoms with Crippen molar-refractivity contribution < 1.29 is 19.5 Å². The quantitative estimate of drug-likeness (QED) is 0.359. The van der Waals surface area contributed by atoms with Crippen LogP contribution < -0.4 is 10.6 Å².